The van der Waals surface area contributed by atoms with Gasteiger partial charge in [0, 0.05) is 22.7 Å². The average molecular weight is 583 g/mol. The molecule has 7 nitrogen and oxygen atoms in total. The molecule has 0 saturated carbocycles. The van der Waals surface area contributed by atoms with Gasteiger partial charge in [-0.25, -0.2) is 0 Å². The second-order valence-corrected chi connectivity index (χ2v) is 11.5. The lowest BCUT2D eigenvalue weighted by Gasteiger charge is -2.17. The fourth-order valence-electron chi connectivity index (χ4n) is 4.08. The minimum Gasteiger partial charge on any atom is -0.326 e. The molecule has 0 aliphatic carbocycles. The summed E-state index contributed by atoms with van der Waals surface area (Å²) in [5, 5.41) is 18.2. The Hall–Kier alpha value is -4.39. The van der Waals surface area contributed by atoms with Gasteiger partial charge in [0.05, 0.1) is 10.4 Å². The molecule has 1 aromatic heterocycles. The molecular formula is C32H30N4O3S2. The van der Waals surface area contributed by atoms with Crippen LogP contribution in [-0.4, -0.2) is 17.7 Å². The van der Waals surface area contributed by atoms with Crippen molar-refractivity contribution in [3.63, 3.8) is 0 Å². The highest BCUT2D eigenvalue weighted by Crippen LogP contribution is 2.39. The van der Waals surface area contributed by atoms with Crippen molar-refractivity contribution >= 4 is 57.2 Å². The highest BCUT2D eigenvalue weighted by Gasteiger charge is 2.26. The van der Waals surface area contributed by atoms with Crippen molar-refractivity contribution < 1.29 is 14.4 Å². The smallest absolute Gasteiger partial charge is 0.266 e. The van der Waals surface area contributed by atoms with Crippen LogP contribution in [0, 0.1) is 18.3 Å². The van der Waals surface area contributed by atoms with E-state index in [1.165, 1.54) is 11.8 Å². The maximum absolute atomic E-state index is 13.7. The number of thioether (sulfide) groups is 1. The Kier molecular flexibility index (Phi) is 10.3. The Morgan fingerprint density at radius 1 is 0.902 bits per heavy atom. The molecule has 9 heteroatoms. The molecule has 0 spiro atoms. The quantitative estimate of drug-likeness (QED) is 0.156. The zero-order valence-electron chi connectivity index (χ0n) is 22.8. The van der Waals surface area contributed by atoms with Crippen LogP contribution in [0.1, 0.15) is 57.8 Å². The van der Waals surface area contributed by atoms with Crippen LogP contribution in [0.4, 0.5) is 16.4 Å². The van der Waals surface area contributed by atoms with Gasteiger partial charge in [-0.2, -0.15) is 5.26 Å². The third-order valence-electron chi connectivity index (χ3n) is 6.20. The number of rotatable bonds is 11. The van der Waals surface area contributed by atoms with Gasteiger partial charge in [0.2, 0.25) is 11.8 Å². The summed E-state index contributed by atoms with van der Waals surface area (Å²) in [6, 6.07) is 27.9. The SMILES string of the molecule is CCCCC(=O)Nc1cccc(SC(C(=O)Nc2sc(C(=O)Nc3ccccc3)c(C)c2C#N)c2ccccc2)c1. The summed E-state index contributed by atoms with van der Waals surface area (Å²) in [4.78, 5) is 40.2. The second kappa shape index (κ2) is 14.3. The minimum atomic E-state index is -0.655. The van der Waals surface area contributed by atoms with Gasteiger partial charge in [-0.3, -0.25) is 14.4 Å². The maximum atomic E-state index is 13.7. The molecule has 208 valence electrons. The van der Waals surface area contributed by atoms with Gasteiger partial charge in [-0.1, -0.05) is 67.9 Å². The first kappa shape index (κ1) is 29.6. The van der Waals surface area contributed by atoms with Gasteiger partial charge in [0.1, 0.15) is 16.3 Å². The number of benzene rings is 3. The van der Waals surface area contributed by atoms with Gasteiger partial charge < -0.3 is 16.0 Å². The first-order chi connectivity index (χ1) is 19.9. The van der Waals surface area contributed by atoms with E-state index in [1.807, 2.05) is 79.7 Å². The maximum Gasteiger partial charge on any atom is 0.266 e. The minimum absolute atomic E-state index is 0.0458. The number of anilines is 3. The zero-order chi connectivity index (χ0) is 29.2. The summed E-state index contributed by atoms with van der Waals surface area (Å²) in [5.41, 5.74) is 2.85. The molecule has 0 fully saturated rings. The van der Waals surface area contributed by atoms with E-state index in [0.29, 0.717) is 33.2 Å². The number of unbranched alkanes of at least 4 members (excludes halogenated alkanes) is 1. The summed E-state index contributed by atoms with van der Waals surface area (Å²) < 4.78 is 0. The van der Waals surface area contributed by atoms with Crippen LogP contribution in [0.2, 0.25) is 0 Å². The molecule has 0 saturated heterocycles. The molecule has 3 amide bonds. The van der Waals surface area contributed by atoms with Crippen molar-refractivity contribution in [2.75, 3.05) is 16.0 Å². The topological polar surface area (TPSA) is 111 Å². The molecule has 41 heavy (non-hydrogen) atoms. The predicted molar refractivity (Wildman–Crippen MR) is 166 cm³/mol. The van der Waals surface area contributed by atoms with E-state index in [-0.39, 0.29) is 23.3 Å². The van der Waals surface area contributed by atoms with E-state index in [2.05, 4.69) is 22.0 Å². The first-order valence-electron chi connectivity index (χ1n) is 13.2. The number of thiophene rings is 1. The molecule has 1 unspecified atom stereocenters. The average Bonchev–Trinajstić information content (AvgIpc) is 3.30. The number of nitrogens with zero attached hydrogens (tertiary/aromatic N) is 1. The third-order valence-corrected chi connectivity index (χ3v) is 8.66. The van der Waals surface area contributed by atoms with Gasteiger partial charge in [-0.15, -0.1) is 23.1 Å². The van der Waals surface area contributed by atoms with E-state index >= 15 is 0 Å². The Bertz CT molecular complexity index is 1560. The van der Waals surface area contributed by atoms with E-state index in [4.69, 9.17) is 0 Å². The van der Waals surface area contributed by atoms with Gasteiger partial charge in [-0.05, 0) is 54.8 Å². The van der Waals surface area contributed by atoms with Crippen LogP contribution in [-0.2, 0) is 9.59 Å². The number of para-hydroxylation sites is 1. The third kappa shape index (κ3) is 7.84. The Labute approximate surface area is 248 Å². The molecule has 3 aromatic carbocycles. The van der Waals surface area contributed by atoms with Gasteiger partial charge >= 0.3 is 0 Å². The van der Waals surface area contributed by atoms with E-state index in [0.717, 1.165) is 34.6 Å². The fourth-order valence-corrected chi connectivity index (χ4v) is 6.22. The van der Waals surface area contributed by atoms with Crippen LogP contribution >= 0.6 is 23.1 Å². The largest absolute Gasteiger partial charge is 0.326 e. The number of carbonyl (C=O) groups is 3. The van der Waals surface area contributed by atoms with Crippen LogP contribution in [0.5, 0.6) is 0 Å². The molecule has 0 aliphatic rings. The summed E-state index contributed by atoms with van der Waals surface area (Å²) in [7, 11) is 0. The summed E-state index contributed by atoms with van der Waals surface area (Å²) in [6.07, 6.45) is 2.21. The van der Waals surface area contributed by atoms with E-state index in [1.54, 1.807) is 19.1 Å². The van der Waals surface area contributed by atoms with Crippen LogP contribution in [0.15, 0.2) is 89.8 Å². The van der Waals surface area contributed by atoms with Crippen molar-refractivity contribution in [1.29, 1.82) is 5.26 Å². The number of carbonyl (C=O) groups excluding carboxylic acids is 3. The normalized spacial score (nSPS) is 11.2. The summed E-state index contributed by atoms with van der Waals surface area (Å²) in [6.45, 7) is 3.74. The molecule has 1 atom stereocenters. The Morgan fingerprint density at radius 2 is 1.59 bits per heavy atom. The Morgan fingerprint density at radius 3 is 2.27 bits per heavy atom. The van der Waals surface area contributed by atoms with Crippen LogP contribution in [0.3, 0.4) is 0 Å². The van der Waals surface area contributed by atoms with Crippen LogP contribution in [0.25, 0.3) is 0 Å². The predicted octanol–water partition coefficient (Wildman–Crippen LogP) is 7.78. The Balaban J connectivity index is 1.57. The van der Waals surface area contributed by atoms with Crippen molar-refractivity contribution in [3.05, 3.63) is 106 Å². The molecule has 3 N–H and O–H groups in total. The van der Waals surface area contributed by atoms with E-state index in [9.17, 15) is 19.6 Å². The lowest BCUT2D eigenvalue weighted by molar-refractivity contribution is -0.116. The molecule has 0 bridgehead atoms. The lowest BCUT2D eigenvalue weighted by atomic mass is 10.1. The van der Waals surface area contributed by atoms with Gasteiger partial charge in [0.15, 0.2) is 0 Å². The number of hydrogen-bond donors (Lipinski definition) is 3. The van der Waals surface area contributed by atoms with Gasteiger partial charge in [0.25, 0.3) is 5.91 Å². The molecular weight excluding hydrogens is 553 g/mol. The molecule has 4 aromatic rings. The standard InChI is InChI=1S/C32H30N4O3S2/c1-3-4-18-27(37)34-24-16-11-17-25(19-24)40-29(22-12-7-5-8-13-22)31(39)36-32-26(20-33)21(2)28(41-32)30(38)35-23-14-9-6-10-15-23/h5-17,19,29H,3-4,18H2,1-2H3,(H,34,37)(H,35,38)(H,36,39). The molecule has 0 radical (unpaired) electrons. The number of amides is 3. The fraction of sp³-hybridized carbons (Fsp3) is 0.188. The lowest BCUT2D eigenvalue weighted by Crippen LogP contribution is -2.19. The summed E-state index contributed by atoms with van der Waals surface area (Å²) >= 11 is 2.42. The van der Waals surface area contributed by atoms with Crippen molar-refractivity contribution in [2.24, 2.45) is 0 Å². The number of nitrogens with one attached hydrogen (secondary N) is 3. The molecule has 0 aliphatic heterocycles. The highest BCUT2D eigenvalue weighted by atomic mass is 32.2. The highest BCUT2D eigenvalue weighted by molar-refractivity contribution is 8.00. The summed E-state index contributed by atoms with van der Waals surface area (Å²) in [5.74, 6) is -0.718. The van der Waals surface area contributed by atoms with E-state index < -0.39 is 5.25 Å². The zero-order valence-corrected chi connectivity index (χ0v) is 24.4. The number of nitriles is 1. The monoisotopic (exact) mass is 582 g/mol. The number of hydrogen-bond acceptors (Lipinski definition) is 6. The van der Waals surface area contributed by atoms with Crippen molar-refractivity contribution in [3.8, 4) is 6.07 Å². The molecule has 1 heterocycles. The molecule has 4 rings (SSSR count). The first-order valence-corrected chi connectivity index (χ1v) is 14.9. The second-order valence-electron chi connectivity index (χ2n) is 9.27. The van der Waals surface area contributed by atoms with Crippen molar-refractivity contribution in [2.45, 2.75) is 43.3 Å². The van der Waals surface area contributed by atoms with Crippen molar-refractivity contribution in [1.82, 2.24) is 0 Å². The van der Waals surface area contributed by atoms with Crippen LogP contribution < -0.4 is 16.0 Å².